The molecule has 2 rings (SSSR count). The van der Waals surface area contributed by atoms with Crippen LogP contribution in [0.3, 0.4) is 0 Å². The van der Waals surface area contributed by atoms with Gasteiger partial charge >= 0.3 is 5.97 Å². The summed E-state index contributed by atoms with van der Waals surface area (Å²) in [7, 11) is 0. The highest BCUT2D eigenvalue weighted by Crippen LogP contribution is 2.21. The van der Waals surface area contributed by atoms with E-state index >= 15 is 0 Å². The van der Waals surface area contributed by atoms with Crippen LogP contribution in [0.1, 0.15) is 12.5 Å². The summed E-state index contributed by atoms with van der Waals surface area (Å²) in [6.45, 7) is 2.44. The summed E-state index contributed by atoms with van der Waals surface area (Å²) in [5, 5.41) is 12.0. The number of halogens is 1. The second kappa shape index (κ2) is 9.62. The number of anilines is 1. The minimum absolute atomic E-state index is 0.00143. The molecule has 0 fully saturated rings. The zero-order chi connectivity index (χ0) is 18.9. The largest absolute Gasteiger partial charge is 0.494 e. The maximum atomic E-state index is 12.9. The number of carboxylic acid groups (broad SMARTS) is 1. The number of ether oxygens (including phenoxy) is 1. The van der Waals surface area contributed by atoms with Gasteiger partial charge in [0, 0.05) is 5.69 Å². The van der Waals surface area contributed by atoms with Gasteiger partial charge in [0.15, 0.2) is 0 Å². The highest BCUT2D eigenvalue weighted by molar-refractivity contribution is 8.04. The van der Waals surface area contributed by atoms with E-state index in [9.17, 15) is 19.1 Å². The van der Waals surface area contributed by atoms with E-state index in [-0.39, 0.29) is 16.6 Å². The number of thioether (sulfide) groups is 1. The van der Waals surface area contributed by atoms with Crippen LogP contribution in [-0.4, -0.2) is 29.3 Å². The highest BCUT2D eigenvalue weighted by Gasteiger charge is 2.12. The normalized spacial score (nSPS) is 11.1. The average molecular weight is 375 g/mol. The fraction of sp³-hybridized carbons (Fsp3) is 0.158. The molecule has 2 aromatic carbocycles. The van der Waals surface area contributed by atoms with Gasteiger partial charge < -0.3 is 15.2 Å². The molecule has 136 valence electrons. The zero-order valence-electron chi connectivity index (χ0n) is 14.1. The Morgan fingerprint density at radius 2 is 1.81 bits per heavy atom. The van der Waals surface area contributed by atoms with Crippen LogP contribution in [0.4, 0.5) is 10.1 Å². The number of benzene rings is 2. The molecule has 0 heterocycles. The minimum atomic E-state index is -1.15. The summed E-state index contributed by atoms with van der Waals surface area (Å²) in [5.41, 5.74) is 1.14. The van der Waals surface area contributed by atoms with Crippen LogP contribution in [-0.2, 0) is 9.59 Å². The second-order valence-corrected chi connectivity index (χ2v) is 6.18. The lowest BCUT2D eigenvalue weighted by Gasteiger charge is -2.07. The third-order valence-electron chi connectivity index (χ3n) is 3.19. The Morgan fingerprint density at radius 3 is 2.38 bits per heavy atom. The van der Waals surface area contributed by atoms with Crippen LogP contribution in [0, 0.1) is 5.82 Å². The van der Waals surface area contributed by atoms with Gasteiger partial charge in [0.05, 0.1) is 17.3 Å². The lowest BCUT2D eigenvalue weighted by molar-refractivity contribution is -0.131. The number of carbonyl (C=O) groups excluding carboxylic acids is 1. The van der Waals surface area contributed by atoms with Gasteiger partial charge in [-0.15, -0.1) is 11.8 Å². The third-order valence-corrected chi connectivity index (χ3v) is 4.20. The molecule has 0 atom stereocenters. The monoisotopic (exact) mass is 375 g/mol. The van der Waals surface area contributed by atoms with Crippen molar-refractivity contribution in [3.8, 4) is 5.75 Å². The molecule has 0 radical (unpaired) electrons. The van der Waals surface area contributed by atoms with E-state index in [4.69, 9.17) is 4.74 Å². The van der Waals surface area contributed by atoms with Crippen molar-refractivity contribution in [3.05, 3.63) is 64.8 Å². The Bertz CT molecular complexity index is 788. The van der Waals surface area contributed by atoms with Crippen molar-refractivity contribution < 1.29 is 23.8 Å². The molecule has 0 aliphatic carbocycles. The number of nitrogens with one attached hydrogen (secondary N) is 1. The van der Waals surface area contributed by atoms with Gasteiger partial charge in [0.1, 0.15) is 11.6 Å². The topological polar surface area (TPSA) is 75.6 Å². The quantitative estimate of drug-likeness (QED) is 0.682. The van der Waals surface area contributed by atoms with Gasteiger partial charge in [0.2, 0.25) is 5.91 Å². The highest BCUT2D eigenvalue weighted by atomic mass is 32.2. The molecule has 0 saturated heterocycles. The lowest BCUT2D eigenvalue weighted by Crippen LogP contribution is -2.15. The minimum Gasteiger partial charge on any atom is -0.494 e. The first-order valence-corrected chi connectivity index (χ1v) is 8.82. The summed E-state index contributed by atoms with van der Waals surface area (Å²) in [4.78, 5) is 23.3. The van der Waals surface area contributed by atoms with Crippen LogP contribution >= 0.6 is 11.8 Å². The van der Waals surface area contributed by atoms with Crippen molar-refractivity contribution in [2.45, 2.75) is 6.92 Å². The van der Waals surface area contributed by atoms with Crippen molar-refractivity contribution >= 4 is 35.4 Å². The van der Waals surface area contributed by atoms with Crippen molar-refractivity contribution in [1.29, 1.82) is 0 Å². The number of rotatable bonds is 8. The molecule has 0 bridgehead atoms. The maximum absolute atomic E-state index is 12.9. The standard InChI is InChI=1S/C19H18FNO4S/c1-2-25-16-9-7-15(8-10-16)21-18(22)12-26-17(19(23)24)11-13-3-5-14(20)6-4-13/h3-11H,2,12H2,1H3,(H,21,22)(H,23,24)/b17-11+. The van der Waals surface area contributed by atoms with E-state index in [2.05, 4.69) is 5.32 Å². The fourth-order valence-corrected chi connectivity index (χ4v) is 2.72. The van der Waals surface area contributed by atoms with Crippen LogP contribution in [0.5, 0.6) is 5.75 Å². The number of carboxylic acids is 1. The molecule has 0 unspecified atom stereocenters. The van der Waals surface area contributed by atoms with E-state index in [1.165, 1.54) is 30.3 Å². The lowest BCUT2D eigenvalue weighted by atomic mass is 10.2. The van der Waals surface area contributed by atoms with E-state index < -0.39 is 11.8 Å². The first kappa shape index (κ1) is 19.5. The zero-order valence-corrected chi connectivity index (χ0v) is 14.9. The molecule has 5 nitrogen and oxygen atoms in total. The predicted molar refractivity (Wildman–Crippen MR) is 101 cm³/mol. The molecular formula is C19H18FNO4S. The van der Waals surface area contributed by atoms with E-state index in [1.54, 1.807) is 24.3 Å². The molecule has 2 aromatic rings. The van der Waals surface area contributed by atoms with Crippen molar-refractivity contribution in [2.75, 3.05) is 17.7 Å². The van der Waals surface area contributed by atoms with Crippen molar-refractivity contribution in [3.63, 3.8) is 0 Å². The summed E-state index contributed by atoms with van der Waals surface area (Å²) >= 11 is 0.898. The number of aliphatic carboxylic acids is 1. The molecule has 0 aliphatic rings. The smallest absolute Gasteiger partial charge is 0.342 e. The third kappa shape index (κ3) is 6.25. The molecule has 26 heavy (non-hydrogen) atoms. The van der Waals surface area contributed by atoms with Gasteiger partial charge in [-0.05, 0) is 55.0 Å². The molecule has 0 aliphatic heterocycles. The van der Waals surface area contributed by atoms with Gasteiger partial charge in [-0.2, -0.15) is 0 Å². The molecule has 0 saturated carbocycles. The molecular weight excluding hydrogens is 357 g/mol. The van der Waals surface area contributed by atoms with Crippen LogP contribution in [0.2, 0.25) is 0 Å². The fourth-order valence-electron chi connectivity index (χ4n) is 2.02. The van der Waals surface area contributed by atoms with Crippen molar-refractivity contribution in [2.24, 2.45) is 0 Å². The summed E-state index contributed by atoms with van der Waals surface area (Å²) in [6, 6.07) is 12.3. The van der Waals surface area contributed by atoms with Crippen LogP contribution in [0.25, 0.3) is 6.08 Å². The Hall–Kier alpha value is -2.80. The SMILES string of the molecule is CCOc1ccc(NC(=O)CS/C(=C/c2ccc(F)cc2)C(=O)O)cc1. The molecule has 1 amide bonds. The summed E-state index contributed by atoms with van der Waals surface area (Å²) in [5.74, 6) is -1.23. The summed E-state index contributed by atoms with van der Waals surface area (Å²) in [6.07, 6.45) is 1.40. The molecule has 0 spiro atoms. The first-order chi connectivity index (χ1) is 12.5. The Labute approximate surface area is 154 Å². The number of hydrogen-bond donors (Lipinski definition) is 2. The van der Waals surface area contributed by atoms with Crippen LogP contribution in [0.15, 0.2) is 53.4 Å². The van der Waals surface area contributed by atoms with Crippen molar-refractivity contribution in [1.82, 2.24) is 0 Å². The Balaban J connectivity index is 1.94. The average Bonchev–Trinajstić information content (AvgIpc) is 2.62. The number of hydrogen-bond acceptors (Lipinski definition) is 4. The van der Waals surface area contributed by atoms with E-state index in [0.29, 0.717) is 23.6 Å². The molecule has 2 N–H and O–H groups in total. The maximum Gasteiger partial charge on any atom is 0.342 e. The predicted octanol–water partition coefficient (Wildman–Crippen LogP) is 4.02. The number of amides is 1. The van der Waals surface area contributed by atoms with Gasteiger partial charge in [-0.25, -0.2) is 9.18 Å². The van der Waals surface area contributed by atoms with Gasteiger partial charge in [-0.1, -0.05) is 12.1 Å². The molecule has 0 aromatic heterocycles. The van der Waals surface area contributed by atoms with Gasteiger partial charge in [-0.3, -0.25) is 4.79 Å². The second-order valence-electron chi connectivity index (χ2n) is 5.16. The first-order valence-electron chi connectivity index (χ1n) is 7.84. The Morgan fingerprint density at radius 1 is 1.15 bits per heavy atom. The van der Waals surface area contributed by atoms with Crippen LogP contribution < -0.4 is 10.1 Å². The van der Waals surface area contributed by atoms with E-state index in [0.717, 1.165) is 11.8 Å². The Kier molecular flexibility index (Phi) is 7.23. The molecule has 7 heteroatoms. The van der Waals surface area contributed by atoms with Gasteiger partial charge in [0.25, 0.3) is 0 Å². The van der Waals surface area contributed by atoms with E-state index in [1.807, 2.05) is 6.92 Å². The summed E-state index contributed by atoms with van der Waals surface area (Å²) < 4.78 is 18.2. The number of carbonyl (C=O) groups is 2.